The molecule has 0 aromatic heterocycles. The van der Waals surface area contributed by atoms with Gasteiger partial charge in [-0.05, 0) is 30.0 Å². The average molecular weight is 282 g/mol. The molecule has 2 aromatic rings. The first-order chi connectivity index (χ1) is 10.3. The number of hydrogen-bond donors (Lipinski definition) is 0. The van der Waals surface area contributed by atoms with E-state index in [9.17, 15) is 4.79 Å². The standard InChI is InChI=1S/C18H18O3/c1-20-15-9-6-10-16(21-2)17(15)18(19)14-11-13(14)12-7-4-3-5-8-12/h3-10,13-14H,11H2,1-2H3. The van der Waals surface area contributed by atoms with Crippen LogP contribution in [0.15, 0.2) is 48.5 Å². The number of rotatable bonds is 5. The van der Waals surface area contributed by atoms with E-state index in [1.165, 1.54) is 5.56 Å². The van der Waals surface area contributed by atoms with Gasteiger partial charge in [0, 0.05) is 5.92 Å². The third kappa shape index (κ3) is 2.51. The van der Waals surface area contributed by atoms with Crippen LogP contribution in [-0.4, -0.2) is 20.0 Å². The highest BCUT2D eigenvalue weighted by molar-refractivity contribution is 6.04. The third-order valence-corrected chi connectivity index (χ3v) is 4.03. The van der Waals surface area contributed by atoms with Gasteiger partial charge in [0.1, 0.15) is 17.1 Å². The Morgan fingerprint density at radius 2 is 1.57 bits per heavy atom. The lowest BCUT2D eigenvalue weighted by Crippen LogP contribution is -2.08. The second-order valence-corrected chi connectivity index (χ2v) is 5.26. The second kappa shape index (κ2) is 5.60. The molecule has 21 heavy (non-hydrogen) atoms. The van der Waals surface area contributed by atoms with Gasteiger partial charge >= 0.3 is 0 Å². The van der Waals surface area contributed by atoms with Crippen LogP contribution in [0, 0.1) is 5.92 Å². The largest absolute Gasteiger partial charge is 0.496 e. The summed E-state index contributed by atoms with van der Waals surface area (Å²) in [5.74, 6) is 1.61. The summed E-state index contributed by atoms with van der Waals surface area (Å²) in [5, 5.41) is 0. The summed E-state index contributed by atoms with van der Waals surface area (Å²) in [6.45, 7) is 0. The van der Waals surface area contributed by atoms with Crippen molar-refractivity contribution in [1.82, 2.24) is 0 Å². The Hall–Kier alpha value is -2.29. The molecule has 1 fully saturated rings. The van der Waals surface area contributed by atoms with Crippen molar-refractivity contribution in [1.29, 1.82) is 0 Å². The Morgan fingerprint density at radius 3 is 2.14 bits per heavy atom. The summed E-state index contributed by atoms with van der Waals surface area (Å²) < 4.78 is 10.7. The highest BCUT2D eigenvalue weighted by Crippen LogP contribution is 2.50. The van der Waals surface area contributed by atoms with Crippen LogP contribution in [-0.2, 0) is 0 Å². The molecule has 2 atom stereocenters. The van der Waals surface area contributed by atoms with Crippen LogP contribution in [0.3, 0.4) is 0 Å². The van der Waals surface area contributed by atoms with Gasteiger partial charge < -0.3 is 9.47 Å². The van der Waals surface area contributed by atoms with Crippen molar-refractivity contribution in [3.8, 4) is 11.5 Å². The van der Waals surface area contributed by atoms with E-state index in [1.807, 2.05) is 24.3 Å². The molecule has 0 spiro atoms. The van der Waals surface area contributed by atoms with E-state index >= 15 is 0 Å². The predicted octanol–water partition coefficient (Wildman–Crippen LogP) is 3.69. The fraction of sp³-hybridized carbons (Fsp3) is 0.278. The topological polar surface area (TPSA) is 35.5 Å². The summed E-state index contributed by atoms with van der Waals surface area (Å²) >= 11 is 0. The van der Waals surface area contributed by atoms with Crippen molar-refractivity contribution in [2.24, 2.45) is 5.92 Å². The van der Waals surface area contributed by atoms with E-state index in [2.05, 4.69) is 12.1 Å². The van der Waals surface area contributed by atoms with Crippen LogP contribution in [0.1, 0.15) is 28.3 Å². The molecule has 1 saturated carbocycles. The summed E-state index contributed by atoms with van der Waals surface area (Å²) in [4.78, 5) is 12.8. The number of ketones is 1. The Balaban J connectivity index is 1.88. The Bertz CT molecular complexity index is 627. The highest BCUT2D eigenvalue weighted by Gasteiger charge is 2.45. The molecule has 1 aliphatic rings. The normalized spacial score (nSPS) is 19.9. The van der Waals surface area contributed by atoms with Crippen molar-refractivity contribution >= 4 is 5.78 Å². The van der Waals surface area contributed by atoms with E-state index < -0.39 is 0 Å². The van der Waals surface area contributed by atoms with Crippen molar-refractivity contribution in [3.05, 3.63) is 59.7 Å². The number of benzene rings is 2. The highest BCUT2D eigenvalue weighted by atomic mass is 16.5. The van der Waals surface area contributed by atoms with Gasteiger partial charge in [0.15, 0.2) is 5.78 Å². The summed E-state index contributed by atoms with van der Waals surface area (Å²) in [7, 11) is 3.15. The molecule has 3 heteroatoms. The quantitative estimate of drug-likeness (QED) is 0.785. The first-order valence-corrected chi connectivity index (χ1v) is 7.06. The average Bonchev–Trinajstić information content (AvgIpc) is 3.34. The lowest BCUT2D eigenvalue weighted by atomic mass is 10.0. The van der Waals surface area contributed by atoms with Crippen molar-refractivity contribution in [2.75, 3.05) is 14.2 Å². The Morgan fingerprint density at radius 1 is 0.952 bits per heavy atom. The maximum atomic E-state index is 12.8. The molecule has 0 bridgehead atoms. The monoisotopic (exact) mass is 282 g/mol. The van der Waals surface area contributed by atoms with Gasteiger partial charge in [-0.25, -0.2) is 0 Å². The molecule has 0 amide bonds. The molecule has 2 unspecified atom stereocenters. The molecule has 1 aliphatic carbocycles. The van der Waals surface area contributed by atoms with Gasteiger partial charge in [-0.15, -0.1) is 0 Å². The van der Waals surface area contributed by atoms with E-state index in [0.717, 1.165) is 6.42 Å². The lowest BCUT2D eigenvalue weighted by Gasteiger charge is -2.12. The van der Waals surface area contributed by atoms with Crippen LogP contribution >= 0.6 is 0 Å². The van der Waals surface area contributed by atoms with Gasteiger partial charge in [0.2, 0.25) is 0 Å². The first-order valence-electron chi connectivity index (χ1n) is 7.06. The van der Waals surface area contributed by atoms with Gasteiger partial charge in [-0.3, -0.25) is 4.79 Å². The minimum atomic E-state index is 0.0256. The third-order valence-electron chi connectivity index (χ3n) is 4.03. The van der Waals surface area contributed by atoms with Gasteiger partial charge in [0.25, 0.3) is 0 Å². The number of carbonyl (C=O) groups excluding carboxylic acids is 1. The molecule has 3 nitrogen and oxygen atoms in total. The van der Waals surface area contributed by atoms with Crippen molar-refractivity contribution < 1.29 is 14.3 Å². The van der Waals surface area contributed by atoms with E-state index in [4.69, 9.17) is 9.47 Å². The Labute approximate surface area is 124 Å². The van der Waals surface area contributed by atoms with Crippen LogP contribution < -0.4 is 9.47 Å². The summed E-state index contributed by atoms with van der Waals surface area (Å²) in [6, 6.07) is 15.6. The number of hydrogen-bond acceptors (Lipinski definition) is 3. The molecule has 0 radical (unpaired) electrons. The fourth-order valence-corrected chi connectivity index (χ4v) is 2.83. The van der Waals surface area contributed by atoms with Gasteiger partial charge in [-0.1, -0.05) is 36.4 Å². The summed E-state index contributed by atoms with van der Waals surface area (Å²) in [6.07, 6.45) is 0.893. The van der Waals surface area contributed by atoms with Crippen LogP contribution in [0.25, 0.3) is 0 Å². The molecule has 108 valence electrons. The van der Waals surface area contributed by atoms with Gasteiger partial charge in [0.05, 0.1) is 14.2 Å². The molecule has 0 aliphatic heterocycles. The minimum Gasteiger partial charge on any atom is -0.496 e. The lowest BCUT2D eigenvalue weighted by molar-refractivity contribution is 0.0959. The summed E-state index contributed by atoms with van der Waals surface area (Å²) in [5.41, 5.74) is 1.79. The second-order valence-electron chi connectivity index (χ2n) is 5.26. The molecule has 0 heterocycles. The van der Waals surface area contributed by atoms with E-state index in [-0.39, 0.29) is 11.7 Å². The zero-order chi connectivity index (χ0) is 14.8. The number of methoxy groups -OCH3 is 2. The number of ether oxygens (including phenoxy) is 2. The zero-order valence-electron chi connectivity index (χ0n) is 12.2. The maximum Gasteiger partial charge on any atom is 0.174 e. The van der Waals surface area contributed by atoms with Gasteiger partial charge in [-0.2, -0.15) is 0 Å². The molecular weight excluding hydrogens is 264 g/mol. The maximum absolute atomic E-state index is 12.8. The number of Topliss-reactive ketones (excluding diaryl/α,β-unsaturated/α-hetero) is 1. The molecule has 0 saturated heterocycles. The smallest absolute Gasteiger partial charge is 0.174 e. The molecule has 3 rings (SSSR count). The molecule has 0 N–H and O–H groups in total. The van der Waals surface area contributed by atoms with Crippen LogP contribution in [0.4, 0.5) is 0 Å². The van der Waals surface area contributed by atoms with Crippen molar-refractivity contribution in [3.63, 3.8) is 0 Å². The van der Waals surface area contributed by atoms with E-state index in [1.54, 1.807) is 26.4 Å². The van der Waals surface area contributed by atoms with E-state index in [0.29, 0.717) is 23.0 Å². The van der Waals surface area contributed by atoms with Crippen LogP contribution in [0.2, 0.25) is 0 Å². The van der Waals surface area contributed by atoms with Crippen molar-refractivity contribution in [2.45, 2.75) is 12.3 Å². The molecule has 2 aromatic carbocycles. The zero-order valence-corrected chi connectivity index (χ0v) is 12.2. The van der Waals surface area contributed by atoms with Crippen LogP contribution in [0.5, 0.6) is 11.5 Å². The fourth-order valence-electron chi connectivity index (χ4n) is 2.83. The minimum absolute atomic E-state index is 0.0256. The molecular formula is C18H18O3. The number of carbonyl (C=O) groups is 1. The Kier molecular flexibility index (Phi) is 3.65. The first kappa shape index (κ1) is 13.7. The predicted molar refractivity (Wildman–Crippen MR) is 81.2 cm³/mol. The SMILES string of the molecule is COc1cccc(OC)c1C(=O)C1CC1c1ccccc1.